The number of nitriles is 1. The molecule has 0 bridgehead atoms. The number of ether oxygens (including phenoxy) is 6. The van der Waals surface area contributed by atoms with E-state index in [1.165, 1.54) is 27.4 Å². The van der Waals surface area contributed by atoms with Crippen LogP contribution in [0.15, 0.2) is 66.1 Å². The molecule has 1 unspecified atom stereocenters. The van der Waals surface area contributed by atoms with Gasteiger partial charge in [-0.15, -0.1) is 0 Å². The van der Waals surface area contributed by atoms with Crippen molar-refractivity contribution < 1.29 is 33.2 Å². The van der Waals surface area contributed by atoms with Crippen LogP contribution in [0, 0.1) is 11.3 Å². The van der Waals surface area contributed by atoms with Gasteiger partial charge in [0.05, 0.1) is 27.2 Å². The van der Waals surface area contributed by atoms with Crippen molar-refractivity contribution in [3.05, 3.63) is 82.2 Å². The highest BCUT2D eigenvalue weighted by Gasteiger charge is 2.32. The average Bonchev–Trinajstić information content (AvgIpc) is 2.91. The highest BCUT2D eigenvalue weighted by atomic mass is 35.5. The van der Waals surface area contributed by atoms with Gasteiger partial charge in [-0.3, -0.25) is 0 Å². The summed E-state index contributed by atoms with van der Waals surface area (Å²) in [5, 5.41) is 10.4. The lowest BCUT2D eigenvalue weighted by molar-refractivity contribution is -0.136. The van der Waals surface area contributed by atoms with Gasteiger partial charge in [-0.25, -0.2) is 4.79 Å². The van der Waals surface area contributed by atoms with Crippen molar-refractivity contribution >= 4 is 17.6 Å². The van der Waals surface area contributed by atoms with Gasteiger partial charge in [-0.2, -0.15) is 5.26 Å². The molecule has 0 aliphatic carbocycles. The van der Waals surface area contributed by atoms with Gasteiger partial charge in [-0.05, 0) is 48.0 Å². The minimum Gasteiger partial charge on any atom is -0.493 e. The van der Waals surface area contributed by atoms with Gasteiger partial charge in [-0.1, -0.05) is 17.7 Å². The molecule has 1 aliphatic rings. The summed E-state index contributed by atoms with van der Waals surface area (Å²) in [6.45, 7) is -0.311. The number of carbonyl (C=O) groups excluding carboxylic acids is 1. The van der Waals surface area contributed by atoms with E-state index in [1.807, 2.05) is 0 Å². The summed E-state index contributed by atoms with van der Waals surface area (Å²) < 4.78 is 32.9. The van der Waals surface area contributed by atoms with Crippen LogP contribution in [-0.2, 0) is 4.79 Å². The van der Waals surface area contributed by atoms with E-state index in [4.69, 9.17) is 45.8 Å². The number of methoxy groups -OCH3 is 3. The number of rotatable bonds is 8. The zero-order chi connectivity index (χ0) is 26.5. The van der Waals surface area contributed by atoms with Crippen molar-refractivity contribution in [2.24, 2.45) is 5.73 Å². The van der Waals surface area contributed by atoms with Crippen molar-refractivity contribution in [2.45, 2.75) is 5.92 Å². The van der Waals surface area contributed by atoms with Crippen molar-refractivity contribution in [2.75, 3.05) is 27.9 Å². The van der Waals surface area contributed by atoms with Crippen LogP contribution in [0.1, 0.15) is 17.0 Å². The Morgan fingerprint density at radius 2 is 1.65 bits per heavy atom. The number of allylic oxidation sites excluding steroid dienone is 1. The summed E-state index contributed by atoms with van der Waals surface area (Å²) in [4.78, 5) is 12.3. The lowest BCUT2D eigenvalue weighted by Crippen LogP contribution is -2.22. The summed E-state index contributed by atoms with van der Waals surface area (Å²) in [6, 6.07) is 17.1. The topological polar surface area (TPSA) is 122 Å². The second-order valence-electron chi connectivity index (χ2n) is 7.80. The van der Waals surface area contributed by atoms with Crippen molar-refractivity contribution in [1.82, 2.24) is 0 Å². The monoisotopic (exact) mass is 522 g/mol. The van der Waals surface area contributed by atoms with E-state index in [-0.39, 0.29) is 23.8 Å². The molecule has 10 heteroatoms. The first-order chi connectivity index (χ1) is 17.9. The molecular formula is C27H23ClN2O7. The third kappa shape index (κ3) is 5.34. The first-order valence-corrected chi connectivity index (χ1v) is 11.4. The highest BCUT2D eigenvalue weighted by Crippen LogP contribution is 2.47. The summed E-state index contributed by atoms with van der Waals surface area (Å²) in [5.74, 6) is 1.01. The van der Waals surface area contributed by atoms with Crippen LogP contribution in [0.5, 0.6) is 34.5 Å². The van der Waals surface area contributed by atoms with Gasteiger partial charge in [0.2, 0.25) is 11.6 Å². The normalized spacial score (nSPS) is 14.1. The van der Waals surface area contributed by atoms with Crippen LogP contribution < -0.4 is 34.2 Å². The molecule has 1 heterocycles. The zero-order valence-electron chi connectivity index (χ0n) is 20.2. The molecular weight excluding hydrogens is 500 g/mol. The van der Waals surface area contributed by atoms with E-state index in [1.54, 1.807) is 48.5 Å². The van der Waals surface area contributed by atoms with Crippen LogP contribution in [0.2, 0.25) is 5.02 Å². The molecule has 0 saturated heterocycles. The number of hydrogen-bond donors (Lipinski definition) is 1. The zero-order valence-corrected chi connectivity index (χ0v) is 21.0. The molecule has 2 N–H and O–H groups in total. The number of hydrogen-bond acceptors (Lipinski definition) is 9. The molecule has 190 valence electrons. The van der Waals surface area contributed by atoms with E-state index >= 15 is 0 Å². The van der Waals surface area contributed by atoms with Gasteiger partial charge in [0.15, 0.2) is 18.1 Å². The quantitative estimate of drug-likeness (QED) is 0.335. The van der Waals surface area contributed by atoms with E-state index in [2.05, 4.69) is 6.07 Å². The van der Waals surface area contributed by atoms with Crippen molar-refractivity contribution in [1.29, 1.82) is 5.26 Å². The standard InChI is InChI=1S/C27H23ClN2O7/c1-32-22-10-15(11-23(33-2)26(22)34-3)25-19-9-8-18(12-21(19)37-27(30)20(25)13-29)36-24(31)14-35-17-6-4-16(28)5-7-17/h4-12,25H,14,30H2,1-3H3. The predicted octanol–water partition coefficient (Wildman–Crippen LogP) is 4.57. The lowest BCUT2D eigenvalue weighted by Gasteiger charge is -2.27. The number of nitrogens with two attached hydrogens (primary N) is 1. The fraction of sp³-hybridized carbons (Fsp3) is 0.185. The SMILES string of the molecule is COc1cc(C2C(C#N)=C(N)Oc3cc(OC(=O)COc4ccc(Cl)cc4)ccc32)cc(OC)c1OC. The average molecular weight is 523 g/mol. The van der Waals surface area contributed by atoms with E-state index in [0.717, 1.165) is 0 Å². The fourth-order valence-corrected chi connectivity index (χ4v) is 4.07. The van der Waals surface area contributed by atoms with Crippen LogP contribution in [0.4, 0.5) is 0 Å². The van der Waals surface area contributed by atoms with Gasteiger partial charge >= 0.3 is 5.97 Å². The first-order valence-electron chi connectivity index (χ1n) is 11.0. The molecule has 9 nitrogen and oxygen atoms in total. The second-order valence-corrected chi connectivity index (χ2v) is 8.24. The van der Waals surface area contributed by atoms with E-state index in [9.17, 15) is 10.1 Å². The molecule has 0 radical (unpaired) electrons. The number of fused-ring (bicyclic) bond motifs is 1. The predicted molar refractivity (Wildman–Crippen MR) is 134 cm³/mol. The number of benzene rings is 3. The summed E-state index contributed by atoms with van der Waals surface area (Å²) in [7, 11) is 4.52. The molecule has 0 aromatic heterocycles. The maximum Gasteiger partial charge on any atom is 0.349 e. The summed E-state index contributed by atoms with van der Waals surface area (Å²) in [5.41, 5.74) is 7.63. The van der Waals surface area contributed by atoms with Crippen LogP contribution in [0.3, 0.4) is 0 Å². The Morgan fingerprint density at radius 1 is 1.00 bits per heavy atom. The van der Waals surface area contributed by atoms with Gasteiger partial charge < -0.3 is 34.2 Å². The molecule has 3 aromatic carbocycles. The smallest absolute Gasteiger partial charge is 0.349 e. The maximum absolute atomic E-state index is 12.3. The van der Waals surface area contributed by atoms with Crippen molar-refractivity contribution in [3.8, 4) is 40.6 Å². The van der Waals surface area contributed by atoms with Crippen LogP contribution in [0.25, 0.3) is 0 Å². The second kappa shape index (κ2) is 11.0. The number of carbonyl (C=O) groups is 1. The molecule has 0 amide bonds. The molecule has 0 saturated carbocycles. The number of nitrogens with zero attached hydrogens (tertiary/aromatic N) is 1. The minimum atomic E-state index is -0.617. The summed E-state index contributed by atoms with van der Waals surface area (Å²) >= 11 is 5.85. The Hall–Kier alpha value is -4.55. The molecule has 1 aliphatic heterocycles. The molecule has 4 rings (SSSR count). The van der Waals surface area contributed by atoms with E-state index in [0.29, 0.717) is 44.9 Å². The Bertz CT molecular complexity index is 1370. The molecule has 37 heavy (non-hydrogen) atoms. The molecule has 0 spiro atoms. The first kappa shape index (κ1) is 25.5. The lowest BCUT2D eigenvalue weighted by atomic mass is 9.83. The number of halogens is 1. The Labute approximate surface area is 218 Å². The molecule has 0 fully saturated rings. The highest BCUT2D eigenvalue weighted by molar-refractivity contribution is 6.30. The maximum atomic E-state index is 12.3. The Kier molecular flexibility index (Phi) is 7.60. The van der Waals surface area contributed by atoms with Crippen LogP contribution >= 0.6 is 11.6 Å². The molecule has 3 aromatic rings. The van der Waals surface area contributed by atoms with Gasteiger partial charge in [0, 0.05) is 16.7 Å². The third-order valence-electron chi connectivity index (χ3n) is 5.61. The fourth-order valence-electron chi connectivity index (χ4n) is 3.94. The van der Waals surface area contributed by atoms with Gasteiger partial charge in [0.1, 0.15) is 28.9 Å². The molecule has 1 atom stereocenters. The van der Waals surface area contributed by atoms with Crippen molar-refractivity contribution in [3.63, 3.8) is 0 Å². The minimum absolute atomic E-state index is 0.0664. The largest absolute Gasteiger partial charge is 0.493 e. The van der Waals surface area contributed by atoms with Crippen LogP contribution in [-0.4, -0.2) is 33.9 Å². The summed E-state index contributed by atoms with van der Waals surface area (Å²) in [6.07, 6.45) is 0. The van der Waals surface area contributed by atoms with E-state index < -0.39 is 11.9 Å². The third-order valence-corrected chi connectivity index (χ3v) is 5.86. The Morgan fingerprint density at radius 3 is 2.24 bits per heavy atom. The number of esters is 1. The van der Waals surface area contributed by atoms with Gasteiger partial charge in [0.25, 0.3) is 0 Å². The Balaban J connectivity index is 1.62.